The summed E-state index contributed by atoms with van der Waals surface area (Å²) in [6.45, 7) is 4.06. The van der Waals surface area contributed by atoms with Gasteiger partial charge in [0, 0.05) is 54.7 Å². The summed E-state index contributed by atoms with van der Waals surface area (Å²) in [5, 5.41) is 13.5. The number of nitriles is 1. The Bertz CT molecular complexity index is 920. The molecule has 160 valence electrons. The monoisotopic (exact) mass is 469 g/mol. The predicted octanol–water partition coefficient (Wildman–Crippen LogP) is 4.63. The molecule has 0 amide bonds. The minimum absolute atomic E-state index is 0.00404. The summed E-state index contributed by atoms with van der Waals surface area (Å²) in [6, 6.07) is 11.6. The molecule has 30 heavy (non-hydrogen) atoms. The van der Waals surface area contributed by atoms with E-state index in [0.29, 0.717) is 29.0 Å². The fourth-order valence-corrected chi connectivity index (χ4v) is 4.89. The van der Waals surface area contributed by atoms with Crippen molar-refractivity contribution >= 4 is 35.1 Å². The van der Waals surface area contributed by atoms with E-state index in [-0.39, 0.29) is 11.0 Å². The minimum Gasteiger partial charge on any atom is -0.493 e. The first kappa shape index (κ1) is 23.1. The fourth-order valence-electron chi connectivity index (χ4n) is 3.15. The molecule has 1 fully saturated rings. The lowest BCUT2D eigenvalue weighted by Crippen LogP contribution is -2.60. The van der Waals surface area contributed by atoms with E-state index in [1.54, 1.807) is 31.2 Å². The molecule has 3 rings (SSSR count). The molecule has 2 aromatic rings. The Morgan fingerprint density at radius 2 is 2.07 bits per heavy atom. The summed E-state index contributed by atoms with van der Waals surface area (Å²) in [4.78, 5) is 0.942. The van der Waals surface area contributed by atoms with Crippen LogP contribution >= 0.6 is 35.1 Å². The summed E-state index contributed by atoms with van der Waals surface area (Å²) in [7, 11) is 1.66. The second-order valence-electron chi connectivity index (χ2n) is 7.18. The maximum Gasteiger partial charge on any atom is 0.144 e. The van der Waals surface area contributed by atoms with Crippen molar-refractivity contribution in [3.05, 3.63) is 57.8 Å². The van der Waals surface area contributed by atoms with Crippen LogP contribution in [-0.4, -0.2) is 50.8 Å². The third-order valence-electron chi connectivity index (χ3n) is 4.73. The second-order valence-corrected chi connectivity index (χ2v) is 9.16. The lowest BCUT2D eigenvalue weighted by molar-refractivity contribution is 0.0245. The van der Waals surface area contributed by atoms with Crippen molar-refractivity contribution in [2.75, 3.05) is 46.5 Å². The standard InChI is InChI=1S/C21H22Cl2FN3O2S/c1-28-7-6-26-11-21(14-29-17-4-2-15(10-25)19(24)9-17)12-27(13-21)30-20-5-3-16(22)8-18(20)23/h2-5,8-9,26H,6-7,11-14H2,1H3. The molecule has 1 heterocycles. The van der Waals surface area contributed by atoms with Gasteiger partial charge < -0.3 is 14.8 Å². The first-order valence-corrected chi connectivity index (χ1v) is 10.9. The first-order valence-electron chi connectivity index (χ1n) is 9.35. The van der Waals surface area contributed by atoms with Crippen LogP contribution in [0.15, 0.2) is 41.3 Å². The largest absolute Gasteiger partial charge is 0.493 e. The number of hydrogen-bond donors (Lipinski definition) is 1. The molecular weight excluding hydrogens is 448 g/mol. The lowest BCUT2D eigenvalue weighted by Gasteiger charge is -2.49. The van der Waals surface area contributed by atoms with Crippen LogP contribution in [0.5, 0.6) is 5.75 Å². The van der Waals surface area contributed by atoms with Crippen molar-refractivity contribution < 1.29 is 13.9 Å². The summed E-state index contributed by atoms with van der Waals surface area (Å²) in [6.07, 6.45) is 0. The molecule has 5 nitrogen and oxygen atoms in total. The molecule has 1 saturated heterocycles. The van der Waals surface area contributed by atoms with Gasteiger partial charge in [-0.05, 0) is 42.3 Å². The number of ether oxygens (including phenoxy) is 2. The van der Waals surface area contributed by atoms with E-state index in [2.05, 4.69) is 9.62 Å². The van der Waals surface area contributed by atoms with Crippen molar-refractivity contribution in [2.24, 2.45) is 5.41 Å². The quantitative estimate of drug-likeness (QED) is 0.404. The van der Waals surface area contributed by atoms with Crippen molar-refractivity contribution in [3.63, 3.8) is 0 Å². The molecule has 0 atom stereocenters. The van der Waals surface area contributed by atoms with Crippen LogP contribution in [-0.2, 0) is 4.74 Å². The van der Waals surface area contributed by atoms with E-state index in [9.17, 15) is 4.39 Å². The van der Waals surface area contributed by atoms with E-state index in [0.717, 1.165) is 31.1 Å². The normalized spacial score (nSPS) is 15.4. The Balaban J connectivity index is 1.61. The third-order valence-corrected chi connectivity index (χ3v) is 6.46. The molecule has 1 N–H and O–H groups in total. The third kappa shape index (κ3) is 6.01. The van der Waals surface area contributed by atoms with Crippen LogP contribution in [0.4, 0.5) is 4.39 Å². The molecule has 9 heteroatoms. The average molecular weight is 470 g/mol. The Morgan fingerprint density at radius 3 is 2.73 bits per heavy atom. The van der Waals surface area contributed by atoms with Gasteiger partial charge in [0.25, 0.3) is 0 Å². The van der Waals surface area contributed by atoms with Crippen molar-refractivity contribution in [2.45, 2.75) is 4.90 Å². The molecule has 0 bridgehead atoms. The highest BCUT2D eigenvalue weighted by Gasteiger charge is 2.44. The molecule has 0 saturated carbocycles. The molecule has 0 aromatic heterocycles. The SMILES string of the molecule is COCCNCC1(COc2ccc(C#N)c(F)c2)CN(Sc2ccc(Cl)cc2Cl)C1. The summed E-state index contributed by atoms with van der Waals surface area (Å²) in [5.41, 5.74) is -0.131. The smallest absolute Gasteiger partial charge is 0.144 e. The molecule has 0 radical (unpaired) electrons. The Kier molecular flexibility index (Phi) is 8.23. The van der Waals surface area contributed by atoms with Crippen molar-refractivity contribution in [1.82, 2.24) is 9.62 Å². The van der Waals surface area contributed by atoms with Crippen LogP contribution in [0.1, 0.15) is 5.56 Å². The van der Waals surface area contributed by atoms with Gasteiger partial charge in [-0.3, -0.25) is 0 Å². The van der Waals surface area contributed by atoms with Gasteiger partial charge in [0.15, 0.2) is 0 Å². The van der Waals surface area contributed by atoms with Crippen LogP contribution < -0.4 is 10.1 Å². The zero-order valence-electron chi connectivity index (χ0n) is 16.5. The van der Waals surface area contributed by atoms with Crippen LogP contribution in [0.25, 0.3) is 0 Å². The number of halogens is 3. The summed E-state index contributed by atoms with van der Waals surface area (Å²) < 4.78 is 27.0. The first-order chi connectivity index (χ1) is 14.4. The Labute approximate surface area is 190 Å². The number of hydrogen-bond acceptors (Lipinski definition) is 6. The average Bonchev–Trinajstić information content (AvgIpc) is 2.69. The Morgan fingerprint density at radius 1 is 1.27 bits per heavy atom. The summed E-state index contributed by atoms with van der Waals surface area (Å²) >= 11 is 13.8. The molecule has 1 aliphatic rings. The number of rotatable bonds is 10. The van der Waals surface area contributed by atoms with Gasteiger partial charge in [0.05, 0.1) is 23.8 Å². The Hall–Kier alpha value is -1.53. The topological polar surface area (TPSA) is 57.5 Å². The van der Waals surface area contributed by atoms with Crippen LogP contribution in [0.3, 0.4) is 0 Å². The number of nitrogens with zero attached hydrogens (tertiary/aromatic N) is 2. The molecule has 0 spiro atoms. The number of nitrogens with one attached hydrogen (secondary N) is 1. The van der Waals surface area contributed by atoms with Gasteiger partial charge in [-0.2, -0.15) is 5.26 Å². The number of methoxy groups -OCH3 is 1. The van der Waals surface area contributed by atoms with E-state index in [4.69, 9.17) is 37.9 Å². The molecule has 0 unspecified atom stereocenters. The van der Waals surface area contributed by atoms with Crippen LogP contribution in [0, 0.1) is 22.6 Å². The highest BCUT2D eigenvalue weighted by atomic mass is 35.5. The second kappa shape index (κ2) is 10.7. The van der Waals surface area contributed by atoms with Gasteiger partial charge >= 0.3 is 0 Å². The van der Waals surface area contributed by atoms with E-state index in [1.807, 2.05) is 18.2 Å². The molecule has 2 aromatic carbocycles. The zero-order valence-corrected chi connectivity index (χ0v) is 18.8. The summed E-state index contributed by atoms with van der Waals surface area (Å²) in [5.74, 6) is -0.167. The van der Waals surface area contributed by atoms with Gasteiger partial charge in [-0.1, -0.05) is 23.2 Å². The van der Waals surface area contributed by atoms with Crippen molar-refractivity contribution in [3.8, 4) is 11.8 Å². The fraction of sp³-hybridized carbons (Fsp3) is 0.381. The molecule has 1 aliphatic heterocycles. The van der Waals surface area contributed by atoms with E-state index >= 15 is 0 Å². The van der Waals surface area contributed by atoms with E-state index < -0.39 is 5.82 Å². The maximum atomic E-state index is 13.9. The highest BCUT2D eigenvalue weighted by Crippen LogP contribution is 2.41. The lowest BCUT2D eigenvalue weighted by atomic mass is 9.82. The maximum absolute atomic E-state index is 13.9. The minimum atomic E-state index is -0.578. The zero-order chi connectivity index (χ0) is 21.6. The van der Waals surface area contributed by atoms with Crippen molar-refractivity contribution in [1.29, 1.82) is 5.26 Å². The van der Waals surface area contributed by atoms with E-state index in [1.165, 1.54) is 12.1 Å². The molecule has 0 aliphatic carbocycles. The highest BCUT2D eigenvalue weighted by molar-refractivity contribution is 7.97. The van der Waals surface area contributed by atoms with Crippen LogP contribution in [0.2, 0.25) is 10.0 Å². The van der Waals surface area contributed by atoms with Gasteiger partial charge in [-0.15, -0.1) is 0 Å². The molecular formula is C21H22Cl2FN3O2S. The number of benzene rings is 2. The van der Waals surface area contributed by atoms with Gasteiger partial charge in [0.1, 0.15) is 17.6 Å². The van der Waals surface area contributed by atoms with Gasteiger partial charge in [-0.25, -0.2) is 8.70 Å². The van der Waals surface area contributed by atoms with Gasteiger partial charge in [0.2, 0.25) is 0 Å². The predicted molar refractivity (Wildman–Crippen MR) is 118 cm³/mol.